The lowest BCUT2D eigenvalue weighted by atomic mass is 9.79. The topological polar surface area (TPSA) is 89.8 Å². The first-order chi connectivity index (χ1) is 9.07. The number of aliphatic hydroxyl groups excluding tert-OH is 1. The molecule has 0 aromatic rings. The minimum absolute atomic E-state index is 0.241. The van der Waals surface area contributed by atoms with Gasteiger partial charge in [-0.3, -0.25) is 4.79 Å². The van der Waals surface area contributed by atoms with Crippen molar-refractivity contribution in [2.24, 2.45) is 5.92 Å². The fourth-order valence-corrected chi connectivity index (χ4v) is 3.14. The molecule has 0 unspecified atom stereocenters. The molecule has 1 saturated carbocycles. The van der Waals surface area contributed by atoms with Crippen LogP contribution in [0.3, 0.4) is 0 Å². The number of nitrogens with one attached hydrogen (secondary N) is 1. The summed E-state index contributed by atoms with van der Waals surface area (Å²) in [7, 11) is 0. The molecule has 19 heavy (non-hydrogen) atoms. The van der Waals surface area contributed by atoms with Gasteiger partial charge in [0.1, 0.15) is 0 Å². The van der Waals surface area contributed by atoms with E-state index in [0.717, 1.165) is 24.5 Å². The Kier molecular flexibility index (Phi) is 7.75. The third kappa shape index (κ3) is 6.61. The van der Waals surface area contributed by atoms with Crippen LogP contribution in [0.2, 0.25) is 0 Å². The van der Waals surface area contributed by atoms with Crippen LogP contribution in [0.4, 0.5) is 0 Å². The molecule has 0 heterocycles. The SMILES string of the molecule is O=C(O)C1CCC(O)(CNCCSCCCO)CC1. The lowest BCUT2D eigenvalue weighted by Crippen LogP contribution is -2.44. The summed E-state index contributed by atoms with van der Waals surface area (Å²) in [5.41, 5.74) is -0.734. The Morgan fingerprint density at radius 3 is 2.58 bits per heavy atom. The maximum absolute atomic E-state index is 10.8. The molecule has 0 amide bonds. The van der Waals surface area contributed by atoms with E-state index >= 15 is 0 Å². The summed E-state index contributed by atoms with van der Waals surface area (Å²) in [4.78, 5) is 10.8. The molecule has 5 nitrogen and oxygen atoms in total. The standard InChI is InChI=1S/C13H25NO4S/c15-7-1-8-19-9-6-14-10-13(18)4-2-11(3-5-13)12(16)17/h11,14-15,18H,1-10H2,(H,16,17). The van der Waals surface area contributed by atoms with Crippen molar-refractivity contribution in [2.45, 2.75) is 37.7 Å². The molecular weight excluding hydrogens is 266 g/mol. The van der Waals surface area contributed by atoms with Crippen molar-refractivity contribution in [2.75, 3.05) is 31.2 Å². The van der Waals surface area contributed by atoms with Crippen molar-refractivity contribution in [1.82, 2.24) is 5.32 Å². The van der Waals surface area contributed by atoms with Crippen LogP contribution in [-0.4, -0.2) is 58.1 Å². The second-order valence-corrected chi connectivity index (χ2v) is 6.43. The Hall–Kier alpha value is -0.300. The highest BCUT2D eigenvalue weighted by Crippen LogP contribution is 2.31. The van der Waals surface area contributed by atoms with Crippen molar-refractivity contribution >= 4 is 17.7 Å². The molecule has 4 N–H and O–H groups in total. The second-order valence-electron chi connectivity index (χ2n) is 5.20. The molecule has 1 aliphatic rings. The average Bonchev–Trinajstić information content (AvgIpc) is 2.38. The van der Waals surface area contributed by atoms with Gasteiger partial charge in [-0.05, 0) is 37.9 Å². The Morgan fingerprint density at radius 1 is 1.32 bits per heavy atom. The predicted octanol–water partition coefficient (Wildman–Crippen LogP) is 0.698. The van der Waals surface area contributed by atoms with Gasteiger partial charge in [0.25, 0.3) is 0 Å². The monoisotopic (exact) mass is 291 g/mol. The van der Waals surface area contributed by atoms with Gasteiger partial charge in [-0.15, -0.1) is 0 Å². The van der Waals surface area contributed by atoms with Gasteiger partial charge in [0, 0.05) is 25.4 Å². The Balaban J connectivity index is 2.07. The normalized spacial score (nSPS) is 27.4. The van der Waals surface area contributed by atoms with Gasteiger partial charge in [0.15, 0.2) is 0 Å². The van der Waals surface area contributed by atoms with E-state index in [2.05, 4.69) is 5.32 Å². The van der Waals surface area contributed by atoms with Gasteiger partial charge in [-0.2, -0.15) is 11.8 Å². The number of carboxylic acids is 1. The third-order valence-electron chi connectivity index (χ3n) is 3.59. The lowest BCUT2D eigenvalue weighted by molar-refractivity contribution is -0.144. The van der Waals surface area contributed by atoms with Crippen LogP contribution in [0, 0.1) is 5.92 Å². The van der Waals surface area contributed by atoms with E-state index in [0.29, 0.717) is 32.2 Å². The number of aliphatic hydroxyl groups is 2. The third-order valence-corrected chi connectivity index (χ3v) is 4.66. The summed E-state index contributed by atoms with van der Waals surface area (Å²) in [5, 5.41) is 31.1. The number of hydrogen-bond donors (Lipinski definition) is 4. The average molecular weight is 291 g/mol. The summed E-state index contributed by atoms with van der Waals surface area (Å²) >= 11 is 1.79. The number of carbonyl (C=O) groups is 1. The first kappa shape index (κ1) is 16.8. The van der Waals surface area contributed by atoms with Crippen LogP contribution in [0.5, 0.6) is 0 Å². The van der Waals surface area contributed by atoms with Crippen molar-refractivity contribution in [3.8, 4) is 0 Å². The maximum Gasteiger partial charge on any atom is 0.306 e. The zero-order valence-corrected chi connectivity index (χ0v) is 12.1. The summed E-state index contributed by atoms with van der Waals surface area (Å²) in [5.74, 6) is 0.904. The van der Waals surface area contributed by atoms with Crippen LogP contribution in [0.25, 0.3) is 0 Å². The predicted molar refractivity (Wildman–Crippen MR) is 76.4 cm³/mol. The molecule has 1 rings (SSSR count). The Bertz CT molecular complexity index is 267. The van der Waals surface area contributed by atoms with Crippen LogP contribution in [0.15, 0.2) is 0 Å². The molecule has 0 aromatic heterocycles. The van der Waals surface area contributed by atoms with E-state index in [9.17, 15) is 9.90 Å². The molecule has 0 radical (unpaired) electrons. The number of rotatable bonds is 9. The number of thioether (sulfide) groups is 1. The highest BCUT2D eigenvalue weighted by Gasteiger charge is 2.35. The van der Waals surface area contributed by atoms with E-state index in [1.807, 2.05) is 0 Å². The van der Waals surface area contributed by atoms with Crippen LogP contribution in [-0.2, 0) is 4.79 Å². The van der Waals surface area contributed by atoms with Gasteiger partial charge < -0.3 is 20.6 Å². The summed E-state index contributed by atoms with van der Waals surface area (Å²) in [6.07, 6.45) is 3.09. The van der Waals surface area contributed by atoms with Gasteiger partial charge >= 0.3 is 5.97 Å². The fraction of sp³-hybridized carbons (Fsp3) is 0.923. The van der Waals surface area contributed by atoms with Crippen molar-refractivity contribution in [3.05, 3.63) is 0 Å². The zero-order valence-electron chi connectivity index (χ0n) is 11.3. The molecule has 0 spiro atoms. The number of carboxylic acid groups (broad SMARTS) is 1. The molecule has 0 aliphatic heterocycles. The number of hydrogen-bond acceptors (Lipinski definition) is 5. The zero-order chi connectivity index (χ0) is 14.1. The highest BCUT2D eigenvalue weighted by molar-refractivity contribution is 7.99. The lowest BCUT2D eigenvalue weighted by Gasteiger charge is -2.34. The molecule has 112 valence electrons. The van der Waals surface area contributed by atoms with Gasteiger partial charge in [0.05, 0.1) is 11.5 Å². The molecule has 1 aliphatic carbocycles. The summed E-state index contributed by atoms with van der Waals surface area (Å²) < 4.78 is 0. The molecule has 0 atom stereocenters. The Labute approximate surface area is 118 Å². The van der Waals surface area contributed by atoms with E-state index in [1.54, 1.807) is 11.8 Å². The molecule has 0 aromatic carbocycles. The molecular formula is C13H25NO4S. The molecule has 0 saturated heterocycles. The van der Waals surface area contributed by atoms with Crippen molar-refractivity contribution in [3.63, 3.8) is 0 Å². The minimum Gasteiger partial charge on any atom is -0.481 e. The molecule has 1 fully saturated rings. The van der Waals surface area contributed by atoms with Gasteiger partial charge in [-0.1, -0.05) is 0 Å². The van der Waals surface area contributed by atoms with E-state index < -0.39 is 11.6 Å². The van der Waals surface area contributed by atoms with E-state index in [4.69, 9.17) is 10.2 Å². The first-order valence-electron chi connectivity index (χ1n) is 6.92. The van der Waals surface area contributed by atoms with E-state index in [-0.39, 0.29) is 12.5 Å². The quantitative estimate of drug-likeness (QED) is 0.468. The number of aliphatic carboxylic acids is 1. The molecule has 0 bridgehead atoms. The van der Waals surface area contributed by atoms with Gasteiger partial charge in [-0.25, -0.2) is 0 Å². The molecule has 6 heteroatoms. The second kappa shape index (κ2) is 8.79. The largest absolute Gasteiger partial charge is 0.481 e. The van der Waals surface area contributed by atoms with Gasteiger partial charge in [0.2, 0.25) is 0 Å². The fourth-order valence-electron chi connectivity index (χ4n) is 2.31. The van der Waals surface area contributed by atoms with Crippen molar-refractivity contribution < 1.29 is 20.1 Å². The van der Waals surface area contributed by atoms with Crippen molar-refractivity contribution in [1.29, 1.82) is 0 Å². The van der Waals surface area contributed by atoms with Crippen LogP contribution < -0.4 is 5.32 Å². The smallest absolute Gasteiger partial charge is 0.306 e. The first-order valence-corrected chi connectivity index (χ1v) is 8.07. The van der Waals surface area contributed by atoms with E-state index in [1.165, 1.54) is 0 Å². The summed E-state index contributed by atoms with van der Waals surface area (Å²) in [6.45, 7) is 1.62. The minimum atomic E-state index is -0.740. The Morgan fingerprint density at radius 2 is 2.00 bits per heavy atom. The maximum atomic E-state index is 10.8. The van der Waals surface area contributed by atoms with Crippen LogP contribution >= 0.6 is 11.8 Å². The highest BCUT2D eigenvalue weighted by atomic mass is 32.2. The summed E-state index contributed by atoms with van der Waals surface area (Å²) in [6, 6.07) is 0. The van der Waals surface area contributed by atoms with Crippen LogP contribution in [0.1, 0.15) is 32.1 Å².